The highest BCUT2D eigenvalue weighted by Gasteiger charge is 2.41. The van der Waals surface area contributed by atoms with Crippen LogP contribution in [0, 0.1) is 6.92 Å². The maximum absolute atomic E-state index is 12.8. The Balaban J connectivity index is 1.89. The van der Waals surface area contributed by atoms with E-state index in [2.05, 4.69) is 25.4 Å². The lowest BCUT2D eigenvalue weighted by atomic mass is 10.0. The fourth-order valence-corrected chi connectivity index (χ4v) is 2.44. The average molecular weight is 314 g/mol. The van der Waals surface area contributed by atoms with Gasteiger partial charge in [0.15, 0.2) is 0 Å². The molecule has 1 fully saturated rings. The van der Waals surface area contributed by atoms with E-state index in [9.17, 15) is 18.3 Å². The molecular formula is C12H13F3N6O. The molecule has 0 aromatic carbocycles. The van der Waals surface area contributed by atoms with E-state index in [1.54, 1.807) is 0 Å². The predicted octanol–water partition coefficient (Wildman–Crippen LogP) is 1.02. The van der Waals surface area contributed by atoms with E-state index in [1.807, 2.05) is 0 Å². The molecule has 2 N–H and O–H groups in total. The molecule has 1 aliphatic heterocycles. The van der Waals surface area contributed by atoms with Gasteiger partial charge in [0.1, 0.15) is 17.0 Å². The topological polar surface area (TPSA) is 90.8 Å². The smallest absolute Gasteiger partial charge is 0.381 e. The third-order valence-electron chi connectivity index (χ3n) is 3.56. The Labute approximate surface area is 123 Å². The van der Waals surface area contributed by atoms with Crippen molar-refractivity contribution in [3.63, 3.8) is 0 Å². The van der Waals surface area contributed by atoms with Gasteiger partial charge in [0.2, 0.25) is 5.95 Å². The second kappa shape index (κ2) is 4.90. The van der Waals surface area contributed by atoms with Gasteiger partial charge in [-0.1, -0.05) is 0 Å². The monoisotopic (exact) mass is 314 g/mol. The van der Waals surface area contributed by atoms with Crippen LogP contribution in [0.5, 0.6) is 0 Å². The van der Waals surface area contributed by atoms with Crippen molar-refractivity contribution in [1.82, 2.24) is 25.4 Å². The molecule has 1 aliphatic rings. The number of H-pyrrole nitrogens is 1. The summed E-state index contributed by atoms with van der Waals surface area (Å²) in [7, 11) is 0. The van der Waals surface area contributed by atoms with Crippen molar-refractivity contribution in [2.45, 2.75) is 25.1 Å². The molecule has 10 heteroatoms. The van der Waals surface area contributed by atoms with Gasteiger partial charge < -0.3 is 10.0 Å². The number of aryl methyl sites for hydroxylation is 1. The van der Waals surface area contributed by atoms with Crippen molar-refractivity contribution in [3.05, 3.63) is 29.3 Å². The van der Waals surface area contributed by atoms with Crippen LogP contribution >= 0.6 is 0 Å². The Morgan fingerprint density at radius 2 is 2.14 bits per heavy atom. The van der Waals surface area contributed by atoms with Gasteiger partial charge in [0, 0.05) is 18.7 Å². The lowest BCUT2D eigenvalue weighted by molar-refractivity contribution is -0.141. The zero-order valence-electron chi connectivity index (χ0n) is 11.6. The van der Waals surface area contributed by atoms with Crippen molar-refractivity contribution >= 4 is 5.95 Å². The minimum atomic E-state index is -4.54. The highest BCUT2D eigenvalue weighted by atomic mass is 19.4. The maximum Gasteiger partial charge on any atom is 0.433 e. The predicted molar refractivity (Wildman–Crippen MR) is 68.9 cm³/mol. The molecule has 2 aromatic heterocycles. The summed E-state index contributed by atoms with van der Waals surface area (Å²) in [6.45, 7) is 1.85. The second-order valence-electron chi connectivity index (χ2n) is 5.25. The average Bonchev–Trinajstić information content (AvgIpc) is 3.07. The molecule has 0 bridgehead atoms. The molecule has 3 rings (SSSR count). The van der Waals surface area contributed by atoms with Crippen LogP contribution in [0.2, 0.25) is 0 Å². The second-order valence-corrected chi connectivity index (χ2v) is 5.25. The Kier molecular flexibility index (Phi) is 3.28. The summed E-state index contributed by atoms with van der Waals surface area (Å²) in [6, 6.07) is 0.892. The number of hydrogen-bond acceptors (Lipinski definition) is 6. The quantitative estimate of drug-likeness (QED) is 0.860. The molecule has 22 heavy (non-hydrogen) atoms. The van der Waals surface area contributed by atoms with Gasteiger partial charge in [-0.25, -0.2) is 9.97 Å². The van der Waals surface area contributed by atoms with Gasteiger partial charge >= 0.3 is 6.18 Å². The van der Waals surface area contributed by atoms with E-state index in [1.165, 1.54) is 18.0 Å². The Hall–Kier alpha value is -2.23. The lowest BCUT2D eigenvalue weighted by Crippen LogP contribution is -2.32. The Bertz CT molecular complexity index is 674. The third-order valence-corrected chi connectivity index (χ3v) is 3.56. The number of aliphatic hydroxyl groups is 1. The number of alkyl halides is 3. The van der Waals surface area contributed by atoms with E-state index in [-0.39, 0.29) is 18.2 Å². The van der Waals surface area contributed by atoms with Gasteiger partial charge in [0.25, 0.3) is 0 Å². The van der Waals surface area contributed by atoms with Crippen molar-refractivity contribution in [2.24, 2.45) is 0 Å². The third kappa shape index (κ3) is 2.61. The molecule has 0 saturated carbocycles. The summed E-state index contributed by atoms with van der Waals surface area (Å²) in [5.74, 6) is -0.0493. The summed E-state index contributed by atoms with van der Waals surface area (Å²) in [6.07, 6.45) is -2.84. The molecule has 0 amide bonds. The van der Waals surface area contributed by atoms with E-state index < -0.39 is 17.5 Å². The fraction of sp³-hybridized carbons (Fsp3) is 0.500. The summed E-state index contributed by atoms with van der Waals surface area (Å²) >= 11 is 0. The molecule has 0 radical (unpaired) electrons. The van der Waals surface area contributed by atoms with Gasteiger partial charge in [-0.05, 0) is 13.0 Å². The van der Waals surface area contributed by atoms with Gasteiger partial charge in [0.05, 0.1) is 12.7 Å². The zero-order valence-corrected chi connectivity index (χ0v) is 11.6. The van der Waals surface area contributed by atoms with Crippen LogP contribution in [0.1, 0.15) is 23.5 Å². The Morgan fingerprint density at radius 1 is 1.36 bits per heavy atom. The number of rotatable bonds is 2. The van der Waals surface area contributed by atoms with Crippen LogP contribution < -0.4 is 4.90 Å². The first-order valence-electron chi connectivity index (χ1n) is 6.54. The maximum atomic E-state index is 12.8. The standard InChI is InChI=1S/C12H13F3N6O/c1-7-4-8(12(13,14)15)18-10(17-7)21-3-2-11(22,6-21)9-5-16-20-19-9/h4-5,22H,2-3,6H2,1H3,(H,16,19,20). The molecule has 2 aromatic rings. The van der Waals surface area contributed by atoms with Crippen LogP contribution in [0.3, 0.4) is 0 Å². The normalized spacial score (nSPS) is 22.3. The molecule has 3 heterocycles. The molecule has 1 unspecified atom stereocenters. The highest BCUT2D eigenvalue weighted by molar-refractivity contribution is 5.37. The van der Waals surface area contributed by atoms with Crippen LogP contribution in [-0.2, 0) is 11.8 Å². The van der Waals surface area contributed by atoms with Crippen LogP contribution in [-0.4, -0.2) is 43.6 Å². The van der Waals surface area contributed by atoms with Gasteiger partial charge in [-0.3, -0.25) is 0 Å². The first-order chi connectivity index (χ1) is 10.3. The van der Waals surface area contributed by atoms with Crippen LogP contribution in [0.4, 0.5) is 19.1 Å². The van der Waals surface area contributed by atoms with Crippen LogP contribution in [0.15, 0.2) is 12.3 Å². The molecular weight excluding hydrogens is 301 g/mol. The number of nitrogens with zero attached hydrogens (tertiary/aromatic N) is 5. The minimum absolute atomic E-state index is 0.0493. The summed E-state index contributed by atoms with van der Waals surface area (Å²) < 4.78 is 38.5. The fourth-order valence-electron chi connectivity index (χ4n) is 2.44. The highest BCUT2D eigenvalue weighted by Crippen LogP contribution is 2.34. The van der Waals surface area contributed by atoms with Crippen molar-refractivity contribution in [3.8, 4) is 0 Å². The Morgan fingerprint density at radius 3 is 2.77 bits per heavy atom. The number of halogens is 3. The van der Waals surface area contributed by atoms with E-state index in [0.29, 0.717) is 18.7 Å². The SMILES string of the molecule is Cc1cc(C(F)(F)F)nc(N2CCC(O)(c3cn[nH]n3)C2)n1. The van der Waals surface area contributed by atoms with Gasteiger partial charge in [-0.15, -0.1) is 0 Å². The number of anilines is 1. The molecule has 1 atom stereocenters. The number of aromatic amines is 1. The molecule has 7 nitrogen and oxygen atoms in total. The summed E-state index contributed by atoms with van der Waals surface area (Å²) in [5.41, 5.74) is -1.71. The summed E-state index contributed by atoms with van der Waals surface area (Å²) in [5, 5.41) is 20.4. The number of aromatic nitrogens is 5. The van der Waals surface area contributed by atoms with Crippen molar-refractivity contribution in [1.29, 1.82) is 0 Å². The molecule has 0 spiro atoms. The summed E-state index contributed by atoms with van der Waals surface area (Å²) in [4.78, 5) is 9.12. The van der Waals surface area contributed by atoms with Crippen molar-refractivity contribution in [2.75, 3.05) is 18.0 Å². The number of β-amino-alcohol motifs (C(OH)–C–C–N with tert-alkyl or cyclic N) is 1. The molecule has 118 valence electrons. The van der Waals surface area contributed by atoms with Crippen LogP contribution in [0.25, 0.3) is 0 Å². The van der Waals surface area contributed by atoms with E-state index in [4.69, 9.17) is 0 Å². The molecule has 0 aliphatic carbocycles. The number of hydrogen-bond donors (Lipinski definition) is 2. The first kappa shape index (κ1) is 14.7. The first-order valence-corrected chi connectivity index (χ1v) is 6.54. The minimum Gasteiger partial charge on any atom is -0.381 e. The van der Waals surface area contributed by atoms with Crippen molar-refractivity contribution < 1.29 is 18.3 Å². The molecule has 1 saturated heterocycles. The largest absolute Gasteiger partial charge is 0.433 e. The van der Waals surface area contributed by atoms with Gasteiger partial charge in [-0.2, -0.15) is 28.6 Å². The lowest BCUT2D eigenvalue weighted by Gasteiger charge is -2.21. The van der Waals surface area contributed by atoms with E-state index >= 15 is 0 Å². The number of nitrogens with one attached hydrogen (secondary N) is 1. The zero-order chi connectivity index (χ0) is 16.0. The van der Waals surface area contributed by atoms with E-state index in [0.717, 1.165) is 6.07 Å².